The van der Waals surface area contributed by atoms with Gasteiger partial charge in [0.15, 0.2) is 0 Å². The van der Waals surface area contributed by atoms with E-state index < -0.39 is 0 Å². The standard InChI is InChI=1S/C12H21N3O3/c1-4-5-18-11-6-9(2)13-12(15-11)14-10(7-16)8-17-3/h6,10,16H,4-5,7-8H2,1-3H3,(H,13,14,15). The molecule has 6 heteroatoms. The third kappa shape index (κ3) is 4.85. The van der Waals surface area contributed by atoms with Crippen molar-refractivity contribution >= 4 is 5.95 Å². The van der Waals surface area contributed by atoms with Crippen LogP contribution in [0.25, 0.3) is 0 Å². The molecule has 0 fully saturated rings. The van der Waals surface area contributed by atoms with E-state index in [0.29, 0.717) is 25.0 Å². The van der Waals surface area contributed by atoms with Crippen molar-refractivity contribution in [2.45, 2.75) is 26.3 Å². The highest BCUT2D eigenvalue weighted by molar-refractivity contribution is 5.31. The molecule has 1 unspecified atom stereocenters. The lowest BCUT2D eigenvalue weighted by atomic mass is 10.3. The summed E-state index contributed by atoms with van der Waals surface area (Å²) in [6.45, 7) is 4.87. The second kappa shape index (κ2) is 7.84. The van der Waals surface area contributed by atoms with E-state index in [9.17, 15) is 0 Å². The minimum absolute atomic E-state index is 0.0453. The fourth-order valence-corrected chi connectivity index (χ4v) is 1.41. The number of aromatic nitrogens is 2. The number of nitrogens with one attached hydrogen (secondary N) is 1. The number of anilines is 1. The lowest BCUT2D eigenvalue weighted by Crippen LogP contribution is -2.29. The molecule has 0 aliphatic rings. The molecule has 1 atom stereocenters. The maximum absolute atomic E-state index is 9.17. The topological polar surface area (TPSA) is 76.5 Å². The molecule has 102 valence electrons. The van der Waals surface area contributed by atoms with Crippen LogP contribution in [-0.2, 0) is 4.74 Å². The molecular weight excluding hydrogens is 234 g/mol. The highest BCUT2D eigenvalue weighted by Crippen LogP contribution is 2.13. The normalized spacial score (nSPS) is 12.2. The number of aryl methyl sites for hydroxylation is 1. The summed E-state index contributed by atoms with van der Waals surface area (Å²) in [7, 11) is 1.58. The molecule has 0 saturated carbocycles. The Balaban J connectivity index is 2.71. The summed E-state index contributed by atoms with van der Waals surface area (Å²) in [6.07, 6.45) is 0.925. The van der Waals surface area contributed by atoms with Crippen molar-refractivity contribution in [2.24, 2.45) is 0 Å². The number of aliphatic hydroxyl groups is 1. The van der Waals surface area contributed by atoms with Gasteiger partial charge in [-0.05, 0) is 13.3 Å². The van der Waals surface area contributed by atoms with Crippen molar-refractivity contribution in [2.75, 3.05) is 32.2 Å². The van der Waals surface area contributed by atoms with Crippen LogP contribution in [0.1, 0.15) is 19.0 Å². The molecule has 0 aliphatic carbocycles. The molecule has 1 aromatic heterocycles. The van der Waals surface area contributed by atoms with Crippen molar-refractivity contribution in [3.05, 3.63) is 11.8 Å². The van der Waals surface area contributed by atoms with E-state index in [1.54, 1.807) is 13.2 Å². The van der Waals surface area contributed by atoms with Crippen LogP contribution >= 0.6 is 0 Å². The van der Waals surface area contributed by atoms with Crippen molar-refractivity contribution < 1.29 is 14.6 Å². The molecule has 1 heterocycles. The molecule has 6 nitrogen and oxygen atoms in total. The maximum atomic E-state index is 9.17. The van der Waals surface area contributed by atoms with Gasteiger partial charge in [0.25, 0.3) is 0 Å². The Morgan fingerprint density at radius 2 is 2.22 bits per heavy atom. The first kappa shape index (κ1) is 14.7. The summed E-state index contributed by atoms with van der Waals surface area (Å²) >= 11 is 0. The van der Waals surface area contributed by atoms with Crippen LogP contribution in [-0.4, -0.2) is 48.0 Å². The number of methoxy groups -OCH3 is 1. The Morgan fingerprint density at radius 1 is 1.44 bits per heavy atom. The van der Waals surface area contributed by atoms with Crippen molar-refractivity contribution in [3.8, 4) is 5.88 Å². The molecule has 0 spiro atoms. The van der Waals surface area contributed by atoms with Gasteiger partial charge in [0.2, 0.25) is 11.8 Å². The first-order chi connectivity index (χ1) is 8.69. The van der Waals surface area contributed by atoms with Gasteiger partial charge in [0.05, 0.1) is 25.9 Å². The lowest BCUT2D eigenvalue weighted by Gasteiger charge is -2.16. The van der Waals surface area contributed by atoms with Crippen molar-refractivity contribution in [1.29, 1.82) is 0 Å². The zero-order valence-corrected chi connectivity index (χ0v) is 11.1. The van der Waals surface area contributed by atoms with Gasteiger partial charge < -0.3 is 19.9 Å². The zero-order chi connectivity index (χ0) is 13.4. The average Bonchev–Trinajstić information content (AvgIpc) is 2.35. The smallest absolute Gasteiger partial charge is 0.226 e. The van der Waals surface area contributed by atoms with Gasteiger partial charge in [-0.2, -0.15) is 4.98 Å². The molecule has 0 saturated heterocycles. The lowest BCUT2D eigenvalue weighted by molar-refractivity contribution is 0.153. The molecule has 0 radical (unpaired) electrons. The molecule has 0 bridgehead atoms. The zero-order valence-electron chi connectivity index (χ0n) is 11.1. The predicted molar refractivity (Wildman–Crippen MR) is 68.9 cm³/mol. The van der Waals surface area contributed by atoms with Gasteiger partial charge in [-0.1, -0.05) is 6.92 Å². The first-order valence-corrected chi connectivity index (χ1v) is 6.04. The van der Waals surface area contributed by atoms with E-state index in [1.165, 1.54) is 0 Å². The third-order valence-electron chi connectivity index (χ3n) is 2.21. The van der Waals surface area contributed by atoms with Crippen LogP contribution < -0.4 is 10.1 Å². The summed E-state index contributed by atoms with van der Waals surface area (Å²) in [5.74, 6) is 0.984. The molecule has 0 aliphatic heterocycles. The molecule has 18 heavy (non-hydrogen) atoms. The summed E-state index contributed by atoms with van der Waals surface area (Å²) in [4.78, 5) is 8.47. The fraction of sp³-hybridized carbons (Fsp3) is 0.667. The number of hydrogen-bond acceptors (Lipinski definition) is 6. The quantitative estimate of drug-likeness (QED) is 0.721. The van der Waals surface area contributed by atoms with Crippen LogP contribution in [0.5, 0.6) is 5.88 Å². The van der Waals surface area contributed by atoms with Gasteiger partial charge in [0, 0.05) is 18.9 Å². The molecule has 0 amide bonds. The van der Waals surface area contributed by atoms with Crippen molar-refractivity contribution in [3.63, 3.8) is 0 Å². The van der Waals surface area contributed by atoms with Gasteiger partial charge in [0.1, 0.15) is 0 Å². The number of hydrogen-bond donors (Lipinski definition) is 2. The summed E-state index contributed by atoms with van der Waals surface area (Å²) in [5.41, 5.74) is 0.813. The highest BCUT2D eigenvalue weighted by Gasteiger charge is 2.10. The number of aliphatic hydroxyl groups excluding tert-OH is 1. The predicted octanol–water partition coefficient (Wildman–Crippen LogP) is 0.993. The monoisotopic (exact) mass is 255 g/mol. The van der Waals surface area contributed by atoms with Crippen LogP contribution in [0.2, 0.25) is 0 Å². The molecule has 1 aromatic rings. The second-order valence-corrected chi connectivity index (χ2v) is 4.00. The number of ether oxygens (including phenoxy) is 2. The van der Waals surface area contributed by atoms with Crippen LogP contribution in [0.4, 0.5) is 5.95 Å². The van der Waals surface area contributed by atoms with E-state index in [4.69, 9.17) is 14.6 Å². The molecular formula is C12H21N3O3. The van der Waals surface area contributed by atoms with E-state index in [0.717, 1.165) is 12.1 Å². The minimum Gasteiger partial charge on any atom is -0.478 e. The summed E-state index contributed by atoms with van der Waals surface area (Å²) in [5, 5.41) is 12.2. The largest absolute Gasteiger partial charge is 0.478 e. The van der Waals surface area contributed by atoms with Gasteiger partial charge in [-0.15, -0.1) is 0 Å². The van der Waals surface area contributed by atoms with Crippen molar-refractivity contribution in [1.82, 2.24) is 9.97 Å². The Morgan fingerprint density at radius 3 is 2.83 bits per heavy atom. The van der Waals surface area contributed by atoms with E-state index >= 15 is 0 Å². The van der Waals surface area contributed by atoms with Gasteiger partial charge >= 0.3 is 0 Å². The summed E-state index contributed by atoms with van der Waals surface area (Å²) in [6, 6.07) is 1.56. The Hall–Kier alpha value is -1.40. The van der Waals surface area contributed by atoms with Gasteiger partial charge in [-0.25, -0.2) is 4.98 Å². The second-order valence-electron chi connectivity index (χ2n) is 4.00. The highest BCUT2D eigenvalue weighted by atomic mass is 16.5. The van der Waals surface area contributed by atoms with E-state index in [2.05, 4.69) is 15.3 Å². The van der Waals surface area contributed by atoms with E-state index in [1.807, 2.05) is 13.8 Å². The van der Waals surface area contributed by atoms with Crippen LogP contribution in [0.15, 0.2) is 6.07 Å². The fourth-order valence-electron chi connectivity index (χ4n) is 1.41. The molecule has 0 aromatic carbocycles. The average molecular weight is 255 g/mol. The maximum Gasteiger partial charge on any atom is 0.226 e. The Bertz CT molecular complexity index is 360. The van der Waals surface area contributed by atoms with Gasteiger partial charge in [-0.3, -0.25) is 0 Å². The SMILES string of the molecule is CCCOc1cc(C)nc(NC(CO)COC)n1. The Kier molecular flexibility index (Phi) is 6.38. The minimum atomic E-state index is -0.226. The van der Waals surface area contributed by atoms with Crippen LogP contribution in [0.3, 0.4) is 0 Å². The summed E-state index contributed by atoms with van der Waals surface area (Å²) < 4.78 is 10.5. The number of nitrogens with zero attached hydrogens (tertiary/aromatic N) is 2. The Labute approximate surface area is 107 Å². The molecule has 1 rings (SSSR count). The molecule has 2 N–H and O–H groups in total. The third-order valence-corrected chi connectivity index (χ3v) is 2.21. The first-order valence-electron chi connectivity index (χ1n) is 6.04. The van der Waals surface area contributed by atoms with E-state index in [-0.39, 0.29) is 12.6 Å². The number of rotatable bonds is 8. The van der Waals surface area contributed by atoms with Crippen LogP contribution in [0, 0.1) is 6.92 Å².